The summed E-state index contributed by atoms with van der Waals surface area (Å²) >= 11 is 0. The number of rotatable bonds is 5. The second-order valence-electron chi connectivity index (χ2n) is 4.42. The summed E-state index contributed by atoms with van der Waals surface area (Å²) in [5.41, 5.74) is 0. The van der Waals surface area contributed by atoms with Crippen LogP contribution in [0.1, 0.15) is 27.2 Å². The van der Waals surface area contributed by atoms with Gasteiger partial charge in [0.15, 0.2) is 9.84 Å². The highest BCUT2D eigenvalue weighted by atomic mass is 32.2. The van der Waals surface area contributed by atoms with Gasteiger partial charge in [0.25, 0.3) is 0 Å². The van der Waals surface area contributed by atoms with E-state index in [9.17, 15) is 18.0 Å². The predicted molar refractivity (Wildman–Crippen MR) is 67.7 cm³/mol. The van der Waals surface area contributed by atoms with Gasteiger partial charge in [0, 0.05) is 12.3 Å². The molecular weight excluding hydrogens is 256 g/mol. The second-order valence-corrected chi connectivity index (χ2v) is 6.90. The Bertz CT molecular complexity index is 432. The van der Waals surface area contributed by atoms with Crippen molar-refractivity contribution in [3.8, 4) is 0 Å². The van der Waals surface area contributed by atoms with Crippen molar-refractivity contribution in [1.29, 1.82) is 0 Å². The van der Waals surface area contributed by atoms with Crippen molar-refractivity contribution in [2.75, 3.05) is 18.1 Å². The molecule has 0 aromatic heterocycles. The van der Waals surface area contributed by atoms with Crippen molar-refractivity contribution < 1.29 is 18.0 Å². The third-order valence-corrected chi connectivity index (χ3v) is 4.85. The van der Waals surface area contributed by atoms with Crippen LogP contribution in [-0.2, 0) is 19.4 Å². The molecular formula is C11H20N2O4S. The molecule has 2 amide bonds. The minimum absolute atomic E-state index is 0.0492. The fourth-order valence-corrected chi connectivity index (χ4v) is 2.73. The van der Waals surface area contributed by atoms with Crippen molar-refractivity contribution in [1.82, 2.24) is 10.2 Å². The van der Waals surface area contributed by atoms with Gasteiger partial charge in [-0.05, 0) is 13.3 Å². The molecule has 0 bridgehead atoms. The standard InChI is InChI=1S/C11H20N2O4S/c1-4-9-10(14)12-8(3)11(15)13(9)6-7-18(16,17)5-2/h8-9H,4-7H2,1-3H3,(H,12,14). The van der Waals surface area contributed by atoms with Crippen LogP contribution in [0.3, 0.4) is 0 Å². The zero-order chi connectivity index (χ0) is 13.9. The van der Waals surface area contributed by atoms with Crippen LogP contribution < -0.4 is 5.32 Å². The van der Waals surface area contributed by atoms with E-state index in [0.717, 1.165) is 0 Å². The van der Waals surface area contributed by atoms with Gasteiger partial charge in [-0.1, -0.05) is 13.8 Å². The first-order valence-electron chi connectivity index (χ1n) is 6.13. The maximum Gasteiger partial charge on any atom is 0.245 e. The van der Waals surface area contributed by atoms with E-state index in [-0.39, 0.29) is 29.9 Å². The van der Waals surface area contributed by atoms with Crippen LogP contribution in [0.4, 0.5) is 0 Å². The van der Waals surface area contributed by atoms with E-state index in [2.05, 4.69) is 5.32 Å². The number of piperazine rings is 1. The highest BCUT2D eigenvalue weighted by Gasteiger charge is 2.37. The lowest BCUT2D eigenvalue weighted by atomic mass is 10.1. The molecule has 0 aromatic carbocycles. The number of hydrogen-bond donors (Lipinski definition) is 1. The largest absolute Gasteiger partial charge is 0.343 e. The lowest BCUT2D eigenvalue weighted by molar-refractivity contribution is -0.148. The van der Waals surface area contributed by atoms with Crippen LogP contribution >= 0.6 is 0 Å². The molecule has 2 atom stereocenters. The van der Waals surface area contributed by atoms with Crippen molar-refractivity contribution in [2.45, 2.75) is 39.3 Å². The van der Waals surface area contributed by atoms with Gasteiger partial charge >= 0.3 is 0 Å². The maximum absolute atomic E-state index is 12.0. The summed E-state index contributed by atoms with van der Waals surface area (Å²) in [5, 5.41) is 2.59. The molecule has 1 aliphatic heterocycles. The molecule has 104 valence electrons. The Hall–Kier alpha value is -1.11. The quantitative estimate of drug-likeness (QED) is 0.737. The predicted octanol–water partition coefficient (Wildman–Crippen LogP) is -0.453. The fourth-order valence-electron chi connectivity index (χ4n) is 1.97. The van der Waals surface area contributed by atoms with E-state index >= 15 is 0 Å². The molecule has 2 unspecified atom stereocenters. The summed E-state index contributed by atoms with van der Waals surface area (Å²) in [6.07, 6.45) is 0.483. The van der Waals surface area contributed by atoms with Crippen molar-refractivity contribution in [3.05, 3.63) is 0 Å². The molecule has 6 nitrogen and oxygen atoms in total. The topological polar surface area (TPSA) is 83.6 Å². The van der Waals surface area contributed by atoms with Gasteiger partial charge in [-0.2, -0.15) is 0 Å². The first-order chi connectivity index (χ1) is 8.32. The van der Waals surface area contributed by atoms with Crippen LogP contribution in [0, 0.1) is 0 Å². The Morgan fingerprint density at radius 1 is 1.28 bits per heavy atom. The summed E-state index contributed by atoms with van der Waals surface area (Å²) in [6.45, 7) is 5.06. The lowest BCUT2D eigenvalue weighted by Crippen LogP contribution is -2.62. The lowest BCUT2D eigenvalue weighted by Gasteiger charge is -2.37. The molecule has 1 aliphatic rings. The van der Waals surface area contributed by atoms with E-state index in [1.54, 1.807) is 20.8 Å². The minimum Gasteiger partial charge on any atom is -0.343 e. The highest BCUT2D eigenvalue weighted by molar-refractivity contribution is 7.91. The van der Waals surface area contributed by atoms with E-state index in [1.165, 1.54) is 4.90 Å². The van der Waals surface area contributed by atoms with E-state index in [4.69, 9.17) is 0 Å². The molecule has 1 heterocycles. The minimum atomic E-state index is -3.13. The number of sulfone groups is 1. The van der Waals surface area contributed by atoms with Crippen LogP contribution in [0.15, 0.2) is 0 Å². The Balaban J connectivity index is 2.81. The molecule has 0 spiro atoms. The third kappa shape index (κ3) is 3.22. The summed E-state index contributed by atoms with van der Waals surface area (Å²) in [7, 11) is -3.13. The molecule has 0 saturated carbocycles. The van der Waals surface area contributed by atoms with Crippen LogP contribution in [0.25, 0.3) is 0 Å². The number of amides is 2. The summed E-state index contributed by atoms with van der Waals surface area (Å²) in [6, 6.07) is -1.13. The smallest absolute Gasteiger partial charge is 0.245 e. The Morgan fingerprint density at radius 2 is 1.89 bits per heavy atom. The first-order valence-corrected chi connectivity index (χ1v) is 7.95. The van der Waals surface area contributed by atoms with Gasteiger partial charge in [0.05, 0.1) is 5.75 Å². The third-order valence-electron chi connectivity index (χ3n) is 3.16. The maximum atomic E-state index is 12.0. The average Bonchev–Trinajstić information content (AvgIpc) is 2.32. The van der Waals surface area contributed by atoms with Crippen LogP contribution in [0.5, 0.6) is 0 Å². The molecule has 18 heavy (non-hydrogen) atoms. The SMILES string of the molecule is CCC1C(=O)NC(C)C(=O)N1CCS(=O)(=O)CC. The zero-order valence-corrected chi connectivity index (χ0v) is 11.8. The molecule has 0 radical (unpaired) electrons. The molecule has 1 rings (SSSR count). The van der Waals surface area contributed by atoms with Gasteiger partial charge in [-0.15, -0.1) is 0 Å². The fraction of sp³-hybridized carbons (Fsp3) is 0.818. The highest BCUT2D eigenvalue weighted by Crippen LogP contribution is 2.13. The van der Waals surface area contributed by atoms with Crippen molar-refractivity contribution in [2.24, 2.45) is 0 Å². The number of hydrogen-bond acceptors (Lipinski definition) is 4. The van der Waals surface area contributed by atoms with E-state index in [1.807, 2.05) is 0 Å². The molecule has 0 aliphatic carbocycles. The van der Waals surface area contributed by atoms with E-state index in [0.29, 0.717) is 6.42 Å². The normalized spacial score (nSPS) is 25.2. The number of nitrogens with one attached hydrogen (secondary N) is 1. The monoisotopic (exact) mass is 276 g/mol. The molecule has 7 heteroatoms. The number of nitrogens with zero attached hydrogens (tertiary/aromatic N) is 1. The zero-order valence-electron chi connectivity index (χ0n) is 11.0. The Kier molecular flexibility index (Phi) is 4.72. The van der Waals surface area contributed by atoms with Gasteiger partial charge in [-0.3, -0.25) is 9.59 Å². The molecule has 0 aromatic rings. The van der Waals surface area contributed by atoms with Gasteiger partial charge < -0.3 is 10.2 Å². The summed E-state index contributed by atoms with van der Waals surface area (Å²) in [4.78, 5) is 25.1. The summed E-state index contributed by atoms with van der Waals surface area (Å²) < 4.78 is 22.9. The first kappa shape index (κ1) is 14.9. The number of carbonyl (C=O) groups is 2. The van der Waals surface area contributed by atoms with Gasteiger partial charge in [0.2, 0.25) is 11.8 Å². The average molecular weight is 276 g/mol. The van der Waals surface area contributed by atoms with Crippen LogP contribution in [0.2, 0.25) is 0 Å². The second kappa shape index (κ2) is 5.69. The molecule has 1 saturated heterocycles. The van der Waals surface area contributed by atoms with Gasteiger partial charge in [0.1, 0.15) is 12.1 Å². The Morgan fingerprint density at radius 3 is 2.39 bits per heavy atom. The van der Waals surface area contributed by atoms with Crippen molar-refractivity contribution in [3.63, 3.8) is 0 Å². The van der Waals surface area contributed by atoms with E-state index < -0.39 is 21.9 Å². The van der Waals surface area contributed by atoms with Crippen LogP contribution in [-0.4, -0.2) is 55.3 Å². The van der Waals surface area contributed by atoms with Gasteiger partial charge in [-0.25, -0.2) is 8.42 Å². The number of carbonyl (C=O) groups excluding carboxylic acids is 2. The summed E-state index contributed by atoms with van der Waals surface area (Å²) in [5.74, 6) is -0.467. The molecule has 1 fully saturated rings. The molecule has 1 N–H and O–H groups in total. The Labute approximate surface area is 108 Å². The van der Waals surface area contributed by atoms with Crippen molar-refractivity contribution >= 4 is 21.7 Å².